The highest BCUT2D eigenvalue weighted by Crippen LogP contribution is 2.32. The first-order chi connectivity index (χ1) is 9.16. The molecule has 0 aliphatic carbocycles. The fourth-order valence-electron chi connectivity index (χ4n) is 1.92. The minimum Gasteiger partial charge on any atom is -0.385 e. The van der Waals surface area contributed by atoms with E-state index in [1.54, 1.807) is 13.0 Å². The van der Waals surface area contributed by atoms with Gasteiger partial charge in [0.15, 0.2) is 5.76 Å². The third kappa shape index (κ3) is 1.98. The van der Waals surface area contributed by atoms with Crippen molar-refractivity contribution in [3.63, 3.8) is 0 Å². The van der Waals surface area contributed by atoms with Gasteiger partial charge in [-0.05, 0) is 13.0 Å². The first-order valence-electron chi connectivity index (χ1n) is 5.65. The third-order valence-corrected chi connectivity index (χ3v) is 3.16. The average molecular weight is 276 g/mol. The number of allylic oxidation sites excluding steroid dienone is 1. The summed E-state index contributed by atoms with van der Waals surface area (Å²) in [5.74, 6) is 0.277. The summed E-state index contributed by atoms with van der Waals surface area (Å²) >= 11 is 6.18. The van der Waals surface area contributed by atoms with Crippen molar-refractivity contribution in [2.24, 2.45) is 4.99 Å². The molecule has 0 saturated heterocycles. The van der Waals surface area contributed by atoms with Gasteiger partial charge in [0.1, 0.15) is 17.1 Å². The Labute approximate surface area is 114 Å². The van der Waals surface area contributed by atoms with E-state index in [1.165, 1.54) is 6.21 Å². The molecular formula is C13H10ClN3O2. The van der Waals surface area contributed by atoms with Crippen molar-refractivity contribution in [1.29, 1.82) is 0 Å². The summed E-state index contributed by atoms with van der Waals surface area (Å²) in [6.07, 6.45) is 1.23. The lowest BCUT2D eigenvalue weighted by molar-refractivity contribution is -0.113. The monoisotopic (exact) mass is 275 g/mol. The maximum absolute atomic E-state index is 11.6. The molecule has 5 nitrogen and oxygen atoms in total. The molecule has 0 saturated carbocycles. The Morgan fingerprint density at radius 2 is 2.05 bits per heavy atom. The van der Waals surface area contributed by atoms with E-state index in [-0.39, 0.29) is 5.91 Å². The van der Waals surface area contributed by atoms with E-state index in [9.17, 15) is 4.79 Å². The number of rotatable bonds is 1. The second-order valence-corrected chi connectivity index (χ2v) is 4.49. The Hall–Kier alpha value is -2.27. The van der Waals surface area contributed by atoms with Gasteiger partial charge in [0.25, 0.3) is 5.91 Å². The summed E-state index contributed by atoms with van der Waals surface area (Å²) in [7, 11) is 0. The summed E-state index contributed by atoms with van der Waals surface area (Å²) in [6.45, 7) is 1.76. The van der Waals surface area contributed by atoms with Crippen LogP contribution in [-0.2, 0) is 9.63 Å². The van der Waals surface area contributed by atoms with E-state index >= 15 is 0 Å². The zero-order valence-corrected chi connectivity index (χ0v) is 10.8. The van der Waals surface area contributed by atoms with Gasteiger partial charge in [0.2, 0.25) is 0 Å². The molecule has 1 amide bonds. The van der Waals surface area contributed by atoms with Crippen molar-refractivity contribution in [2.45, 2.75) is 6.92 Å². The normalized spacial score (nSPS) is 17.7. The van der Waals surface area contributed by atoms with E-state index in [2.05, 4.69) is 15.8 Å². The van der Waals surface area contributed by atoms with Crippen LogP contribution in [0.4, 0.5) is 0 Å². The zero-order valence-electron chi connectivity index (χ0n) is 10.0. The van der Waals surface area contributed by atoms with Crippen molar-refractivity contribution in [3.05, 3.63) is 52.0 Å². The van der Waals surface area contributed by atoms with Crippen LogP contribution in [-0.4, -0.2) is 12.1 Å². The van der Waals surface area contributed by atoms with Crippen molar-refractivity contribution in [3.8, 4) is 0 Å². The van der Waals surface area contributed by atoms with E-state index in [0.29, 0.717) is 27.9 Å². The molecule has 1 aromatic rings. The van der Waals surface area contributed by atoms with Crippen LogP contribution in [0.15, 0.2) is 46.4 Å². The van der Waals surface area contributed by atoms with E-state index < -0.39 is 0 Å². The fraction of sp³-hybridized carbons (Fsp3) is 0.0769. The smallest absolute Gasteiger partial charge is 0.266 e. The summed E-state index contributed by atoms with van der Waals surface area (Å²) in [4.78, 5) is 21.0. The highest BCUT2D eigenvalue weighted by Gasteiger charge is 2.27. The Kier molecular flexibility index (Phi) is 2.76. The lowest BCUT2D eigenvalue weighted by Crippen LogP contribution is -2.24. The molecule has 2 aliphatic rings. The second-order valence-electron chi connectivity index (χ2n) is 4.09. The van der Waals surface area contributed by atoms with Gasteiger partial charge >= 0.3 is 0 Å². The Morgan fingerprint density at radius 1 is 1.26 bits per heavy atom. The number of halogens is 1. The van der Waals surface area contributed by atoms with Gasteiger partial charge in [-0.2, -0.15) is 0 Å². The summed E-state index contributed by atoms with van der Waals surface area (Å²) in [6, 6.07) is 7.30. The third-order valence-electron chi connectivity index (χ3n) is 2.83. The zero-order chi connectivity index (χ0) is 13.4. The SMILES string of the molecule is CC1=C2NC(=O)C=NC(c3ccccc3Cl)=C2NO1. The topological polar surface area (TPSA) is 62.7 Å². The van der Waals surface area contributed by atoms with Gasteiger partial charge in [-0.15, -0.1) is 0 Å². The second kappa shape index (κ2) is 4.44. The Bertz CT molecular complexity index is 662. The number of carbonyl (C=O) groups excluding carboxylic acids is 1. The van der Waals surface area contributed by atoms with Crippen LogP contribution in [0.3, 0.4) is 0 Å². The molecule has 0 spiro atoms. The molecule has 0 atom stereocenters. The van der Waals surface area contributed by atoms with E-state index in [4.69, 9.17) is 16.4 Å². The predicted molar refractivity (Wildman–Crippen MR) is 71.9 cm³/mol. The van der Waals surface area contributed by atoms with Gasteiger partial charge in [-0.1, -0.05) is 29.8 Å². The molecule has 0 radical (unpaired) electrons. The van der Waals surface area contributed by atoms with E-state index in [0.717, 1.165) is 5.56 Å². The number of hydrogen-bond acceptors (Lipinski definition) is 4. The number of fused-ring (bicyclic) bond motifs is 1. The Morgan fingerprint density at radius 3 is 2.84 bits per heavy atom. The van der Waals surface area contributed by atoms with Crippen LogP contribution in [0.2, 0.25) is 5.02 Å². The molecule has 1 aromatic carbocycles. The van der Waals surface area contributed by atoms with Gasteiger partial charge in [0, 0.05) is 5.56 Å². The number of benzene rings is 1. The average Bonchev–Trinajstić information content (AvgIpc) is 2.66. The quantitative estimate of drug-likeness (QED) is 0.824. The summed E-state index contributed by atoms with van der Waals surface area (Å²) in [5, 5.41) is 3.27. The van der Waals surface area contributed by atoms with Gasteiger partial charge in [0.05, 0.1) is 11.2 Å². The first-order valence-corrected chi connectivity index (χ1v) is 6.03. The maximum atomic E-state index is 11.6. The molecule has 2 aliphatic heterocycles. The van der Waals surface area contributed by atoms with Gasteiger partial charge in [-0.25, -0.2) is 10.5 Å². The summed E-state index contributed by atoms with van der Waals surface area (Å²) in [5.41, 5.74) is 5.25. The molecule has 3 rings (SSSR count). The molecule has 2 heterocycles. The Balaban J connectivity index is 2.23. The number of nitrogens with one attached hydrogen (secondary N) is 2. The van der Waals surface area contributed by atoms with Crippen LogP contribution in [0, 0.1) is 0 Å². The van der Waals surface area contributed by atoms with Gasteiger partial charge < -0.3 is 10.2 Å². The van der Waals surface area contributed by atoms with Gasteiger partial charge in [-0.3, -0.25) is 4.79 Å². The number of aliphatic imine (C=N–C) groups is 1. The van der Waals surface area contributed by atoms with Crippen molar-refractivity contribution < 1.29 is 9.63 Å². The maximum Gasteiger partial charge on any atom is 0.266 e. The molecule has 0 bridgehead atoms. The van der Waals surface area contributed by atoms with Crippen LogP contribution >= 0.6 is 11.6 Å². The van der Waals surface area contributed by atoms with Crippen molar-refractivity contribution in [1.82, 2.24) is 10.8 Å². The first kappa shape index (κ1) is 11.8. The highest BCUT2D eigenvalue weighted by atomic mass is 35.5. The number of carbonyl (C=O) groups is 1. The molecule has 0 aromatic heterocycles. The molecule has 19 heavy (non-hydrogen) atoms. The summed E-state index contributed by atoms with van der Waals surface area (Å²) < 4.78 is 0. The number of amides is 1. The largest absolute Gasteiger partial charge is 0.385 e. The molecule has 96 valence electrons. The lowest BCUT2D eigenvalue weighted by Gasteiger charge is -2.08. The number of hydrogen-bond donors (Lipinski definition) is 2. The van der Waals surface area contributed by atoms with Crippen molar-refractivity contribution in [2.75, 3.05) is 0 Å². The minimum atomic E-state index is -0.304. The van der Waals surface area contributed by atoms with Crippen LogP contribution in [0.25, 0.3) is 5.70 Å². The lowest BCUT2D eigenvalue weighted by atomic mass is 10.1. The highest BCUT2D eigenvalue weighted by molar-refractivity contribution is 6.33. The number of nitrogens with zero attached hydrogens (tertiary/aromatic N) is 1. The standard InChI is InChI=1S/C13H10ClN3O2/c1-7-11-13(17-19-7)12(15-6-10(18)16-11)8-4-2-3-5-9(8)14/h2-6,17H,1H3,(H,16,18). The molecule has 0 unspecified atom stereocenters. The predicted octanol–water partition coefficient (Wildman–Crippen LogP) is 1.98. The molecule has 0 fully saturated rings. The molecule has 2 N–H and O–H groups in total. The van der Waals surface area contributed by atoms with Crippen LogP contribution in [0.5, 0.6) is 0 Å². The fourth-order valence-corrected chi connectivity index (χ4v) is 2.15. The van der Waals surface area contributed by atoms with Crippen LogP contribution in [0.1, 0.15) is 12.5 Å². The van der Waals surface area contributed by atoms with E-state index in [1.807, 2.05) is 18.2 Å². The van der Waals surface area contributed by atoms with Crippen LogP contribution < -0.4 is 10.8 Å². The minimum absolute atomic E-state index is 0.304. The number of hydroxylamine groups is 1. The van der Waals surface area contributed by atoms with Crippen molar-refractivity contribution >= 4 is 29.4 Å². The molecule has 6 heteroatoms. The molecular weight excluding hydrogens is 266 g/mol.